The van der Waals surface area contributed by atoms with Crippen LogP contribution in [0.1, 0.15) is 44.6 Å². The number of ether oxygens (including phenoxy) is 2. The Balaban J connectivity index is 1.90. The summed E-state index contributed by atoms with van der Waals surface area (Å²) in [7, 11) is 0. The van der Waals surface area contributed by atoms with Gasteiger partial charge < -0.3 is 9.47 Å². The van der Waals surface area contributed by atoms with E-state index in [0.717, 1.165) is 22.5 Å². The van der Waals surface area contributed by atoms with Crippen molar-refractivity contribution in [3.05, 3.63) is 51.1 Å². The molecule has 4 rings (SSSR count). The van der Waals surface area contributed by atoms with Gasteiger partial charge in [-0.15, -0.1) is 11.3 Å². The summed E-state index contributed by atoms with van der Waals surface area (Å²) in [5, 5.41) is 0.669. The molecule has 0 fully saturated rings. The molecule has 0 spiro atoms. The second kappa shape index (κ2) is 8.76. The minimum atomic E-state index is -0.486. The Morgan fingerprint density at radius 3 is 2.77 bits per heavy atom. The third-order valence-electron chi connectivity index (χ3n) is 5.64. The lowest BCUT2D eigenvalue weighted by Gasteiger charge is -2.32. The van der Waals surface area contributed by atoms with E-state index in [2.05, 4.69) is 13.8 Å². The molecular formula is C23H26N2O4S2. The summed E-state index contributed by atoms with van der Waals surface area (Å²) in [6.07, 6.45) is 1.56. The van der Waals surface area contributed by atoms with Gasteiger partial charge in [-0.1, -0.05) is 36.9 Å². The molecule has 8 heteroatoms. The number of carbonyl (C=O) groups is 1. The number of nitrogens with zero attached hydrogens (tertiary/aromatic N) is 2. The lowest BCUT2D eigenvalue weighted by Crippen LogP contribution is -2.34. The van der Waals surface area contributed by atoms with Crippen molar-refractivity contribution in [3.63, 3.8) is 0 Å². The van der Waals surface area contributed by atoms with Gasteiger partial charge in [0, 0.05) is 11.3 Å². The maximum absolute atomic E-state index is 13.8. The number of hydrogen-bond acceptors (Lipinski definition) is 7. The Kier molecular flexibility index (Phi) is 6.23. The molecule has 1 aromatic carbocycles. The molecule has 0 aliphatic carbocycles. The van der Waals surface area contributed by atoms with Gasteiger partial charge in [0.2, 0.25) is 0 Å². The van der Waals surface area contributed by atoms with Crippen LogP contribution in [0.4, 0.5) is 0 Å². The normalized spacial score (nSPS) is 19.2. The van der Waals surface area contributed by atoms with Crippen LogP contribution >= 0.6 is 23.1 Å². The molecule has 1 aliphatic rings. The fourth-order valence-corrected chi connectivity index (χ4v) is 5.75. The van der Waals surface area contributed by atoms with Crippen LogP contribution in [0, 0.1) is 0 Å². The predicted octanol–water partition coefficient (Wildman–Crippen LogP) is 4.73. The Hall–Kier alpha value is -2.16. The number of thiophene rings is 1. The van der Waals surface area contributed by atoms with Gasteiger partial charge in [-0.25, -0.2) is 4.98 Å². The number of benzene rings is 1. The van der Waals surface area contributed by atoms with E-state index in [0.29, 0.717) is 35.0 Å². The average molecular weight is 459 g/mol. The molecule has 0 N–H and O–H groups in total. The van der Waals surface area contributed by atoms with Crippen LogP contribution in [0.25, 0.3) is 15.9 Å². The maximum Gasteiger partial charge on any atom is 0.319 e. The monoisotopic (exact) mass is 458 g/mol. The number of thioether (sulfide) groups is 1. The van der Waals surface area contributed by atoms with Gasteiger partial charge in [0.05, 0.1) is 29.9 Å². The Morgan fingerprint density at radius 2 is 2.10 bits per heavy atom. The molecule has 1 aliphatic heterocycles. The van der Waals surface area contributed by atoms with Crippen molar-refractivity contribution in [3.8, 4) is 5.69 Å². The molecule has 6 nitrogen and oxygen atoms in total. The van der Waals surface area contributed by atoms with Crippen molar-refractivity contribution in [1.82, 2.24) is 9.55 Å². The van der Waals surface area contributed by atoms with Gasteiger partial charge >= 0.3 is 5.97 Å². The molecule has 0 saturated carbocycles. The van der Waals surface area contributed by atoms with Gasteiger partial charge in [-0.3, -0.25) is 14.2 Å². The quantitative estimate of drug-likeness (QED) is 0.302. The zero-order valence-corrected chi connectivity index (χ0v) is 19.8. The number of aromatic nitrogens is 2. The van der Waals surface area contributed by atoms with Gasteiger partial charge in [0.15, 0.2) is 5.16 Å². The fraction of sp³-hybridized carbons (Fsp3) is 0.435. The minimum absolute atomic E-state index is 0.104. The van der Waals surface area contributed by atoms with E-state index in [-0.39, 0.29) is 17.1 Å². The van der Waals surface area contributed by atoms with E-state index in [4.69, 9.17) is 14.5 Å². The second-order valence-electron chi connectivity index (χ2n) is 7.84. The summed E-state index contributed by atoms with van der Waals surface area (Å²) in [6.45, 7) is 8.55. The van der Waals surface area contributed by atoms with E-state index in [1.165, 1.54) is 23.1 Å². The molecule has 3 aromatic rings. The summed E-state index contributed by atoms with van der Waals surface area (Å²) in [6, 6.07) is 9.45. The fourth-order valence-electron chi connectivity index (χ4n) is 3.68. The number of esters is 1. The van der Waals surface area contributed by atoms with Crippen LogP contribution in [-0.2, 0) is 27.3 Å². The van der Waals surface area contributed by atoms with Crippen LogP contribution in [0.2, 0.25) is 0 Å². The first kappa shape index (κ1) is 22.0. The van der Waals surface area contributed by atoms with Crippen LogP contribution in [-0.4, -0.2) is 33.0 Å². The van der Waals surface area contributed by atoms with Gasteiger partial charge in [0.25, 0.3) is 5.56 Å². The highest BCUT2D eigenvalue weighted by Crippen LogP contribution is 2.39. The summed E-state index contributed by atoms with van der Waals surface area (Å²) in [5.74, 6) is -0.320. The zero-order valence-electron chi connectivity index (χ0n) is 18.1. The van der Waals surface area contributed by atoms with Gasteiger partial charge in [-0.05, 0) is 44.9 Å². The van der Waals surface area contributed by atoms with Gasteiger partial charge in [0.1, 0.15) is 10.1 Å². The standard InChI is InChI=1S/C23H26N2O4S2/c1-5-23(4)12-16-17(13-29-23)31-19-18(16)20(26)25(15-10-8-7-9-11-15)22(24-19)30-14(3)21(27)28-6-2/h7-11,14H,5-6,12-13H2,1-4H3/t14-,23+/m1/s1. The van der Waals surface area contributed by atoms with Crippen molar-refractivity contribution < 1.29 is 14.3 Å². The molecule has 164 valence electrons. The first-order valence-electron chi connectivity index (χ1n) is 10.5. The first-order valence-corrected chi connectivity index (χ1v) is 12.2. The minimum Gasteiger partial charge on any atom is -0.465 e. The van der Waals surface area contributed by atoms with Crippen LogP contribution in [0.5, 0.6) is 0 Å². The average Bonchev–Trinajstić information content (AvgIpc) is 3.12. The molecule has 0 unspecified atom stereocenters. The number of hydrogen-bond donors (Lipinski definition) is 0. The molecule has 0 bridgehead atoms. The molecular weight excluding hydrogens is 432 g/mol. The predicted molar refractivity (Wildman–Crippen MR) is 124 cm³/mol. The van der Waals surface area contributed by atoms with Crippen LogP contribution in [0.3, 0.4) is 0 Å². The van der Waals surface area contributed by atoms with Gasteiger partial charge in [-0.2, -0.15) is 0 Å². The smallest absolute Gasteiger partial charge is 0.319 e. The Bertz CT molecular complexity index is 1170. The maximum atomic E-state index is 13.8. The third kappa shape index (κ3) is 4.16. The number of rotatable bonds is 6. The molecule has 2 atom stereocenters. The first-order chi connectivity index (χ1) is 14.9. The topological polar surface area (TPSA) is 70.4 Å². The summed E-state index contributed by atoms with van der Waals surface area (Å²) >= 11 is 2.76. The number of para-hydroxylation sites is 1. The van der Waals surface area contributed by atoms with Crippen molar-refractivity contribution >= 4 is 39.3 Å². The number of fused-ring (bicyclic) bond motifs is 3. The van der Waals surface area contributed by atoms with E-state index >= 15 is 0 Å². The molecule has 0 amide bonds. The molecule has 0 radical (unpaired) electrons. The Labute approximate surface area is 189 Å². The molecule has 3 heterocycles. The van der Waals surface area contributed by atoms with E-state index < -0.39 is 5.25 Å². The highest BCUT2D eigenvalue weighted by Gasteiger charge is 2.34. The highest BCUT2D eigenvalue weighted by atomic mass is 32.2. The molecule has 0 saturated heterocycles. The molecule has 31 heavy (non-hydrogen) atoms. The van der Waals surface area contributed by atoms with Crippen molar-refractivity contribution in [2.75, 3.05) is 6.61 Å². The Morgan fingerprint density at radius 1 is 1.35 bits per heavy atom. The van der Waals surface area contributed by atoms with Crippen LogP contribution in [0.15, 0.2) is 40.3 Å². The largest absolute Gasteiger partial charge is 0.465 e. The third-order valence-corrected chi connectivity index (χ3v) is 7.77. The lowest BCUT2D eigenvalue weighted by molar-refractivity contribution is -0.142. The van der Waals surface area contributed by atoms with Crippen molar-refractivity contribution in [2.45, 2.75) is 63.2 Å². The van der Waals surface area contributed by atoms with Crippen LogP contribution < -0.4 is 5.56 Å². The second-order valence-corrected chi connectivity index (χ2v) is 10.2. The van der Waals surface area contributed by atoms with Crippen molar-refractivity contribution in [2.24, 2.45) is 0 Å². The SMILES string of the molecule is CCOC(=O)[C@@H](C)Sc1nc2sc3c(c2c(=O)n1-c1ccccc1)C[C@](C)(CC)OC3. The molecule has 2 aromatic heterocycles. The summed E-state index contributed by atoms with van der Waals surface area (Å²) in [4.78, 5) is 32.7. The summed E-state index contributed by atoms with van der Waals surface area (Å²) < 4.78 is 12.9. The summed E-state index contributed by atoms with van der Waals surface area (Å²) in [5.41, 5.74) is 1.39. The zero-order chi connectivity index (χ0) is 22.2. The van der Waals surface area contributed by atoms with E-state index in [1.54, 1.807) is 18.4 Å². The lowest BCUT2D eigenvalue weighted by atomic mass is 9.90. The highest BCUT2D eigenvalue weighted by molar-refractivity contribution is 8.00. The van der Waals surface area contributed by atoms with E-state index in [1.807, 2.05) is 30.3 Å². The van der Waals surface area contributed by atoms with E-state index in [9.17, 15) is 9.59 Å². The van der Waals surface area contributed by atoms with Crippen molar-refractivity contribution in [1.29, 1.82) is 0 Å². The number of carbonyl (C=O) groups excluding carboxylic acids is 1.